The van der Waals surface area contributed by atoms with Gasteiger partial charge in [0.15, 0.2) is 5.13 Å². The van der Waals surface area contributed by atoms with Gasteiger partial charge in [0, 0.05) is 5.56 Å². The molecule has 0 fully saturated rings. The van der Waals surface area contributed by atoms with Crippen molar-refractivity contribution in [2.75, 3.05) is 11.5 Å². The molecule has 1 amide bonds. The molecule has 0 aliphatic rings. The third kappa shape index (κ3) is 4.07. The van der Waals surface area contributed by atoms with E-state index in [0.29, 0.717) is 23.8 Å². The Kier molecular flexibility index (Phi) is 5.81. The van der Waals surface area contributed by atoms with E-state index in [9.17, 15) is 4.79 Å². The van der Waals surface area contributed by atoms with Crippen LogP contribution >= 0.6 is 11.3 Å². The largest absolute Gasteiger partial charge is 0.492 e. The number of ether oxygens (including phenoxy) is 1. The lowest BCUT2D eigenvalue weighted by Crippen LogP contribution is -2.31. The molecule has 5 heteroatoms. The number of anilines is 1. The summed E-state index contributed by atoms with van der Waals surface area (Å²) in [5.74, 6) is 0.702. The molecule has 0 spiro atoms. The van der Waals surface area contributed by atoms with Crippen molar-refractivity contribution in [2.24, 2.45) is 0 Å². The zero-order valence-electron chi connectivity index (χ0n) is 17.4. The molecule has 0 atom stereocenters. The van der Waals surface area contributed by atoms with E-state index >= 15 is 0 Å². The molecule has 0 radical (unpaired) electrons. The monoisotopic (exact) mass is 416 g/mol. The van der Waals surface area contributed by atoms with Crippen LogP contribution in [-0.2, 0) is 6.54 Å². The first-order valence-corrected chi connectivity index (χ1v) is 10.8. The van der Waals surface area contributed by atoms with E-state index in [4.69, 9.17) is 9.72 Å². The standard InChI is InChI=1S/C25H24N2O2S/c1-4-29-21-11-8-12-22-23(21)26-25(30-22)27(16-19-9-6-5-7-10-19)24(28)20-15-17(2)13-14-18(20)3/h5-15H,4,16H2,1-3H3. The van der Waals surface area contributed by atoms with Crippen molar-refractivity contribution in [3.8, 4) is 5.75 Å². The summed E-state index contributed by atoms with van der Waals surface area (Å²) in [5, 5.41) is 0.673. The maximum Gasteiger partial charge on any atom is 0.260 e. The van der Waals surface area contributed by atoms with Gasteiger partial charge >= 0.3 is 0 Å². The summed E-state index contributed by atoms with van der Waals surface area (Å²) in [6.45, 7) is 6.96. The van der Waals surface area contributed by atoms with Crippen molar-refractivity contribution in [1.82, 2.24) is 4.98 Å². The number of carbonyl (C=O) groups excluding carboxylic acids is 1. The summed E-state index contributed by atoms with van der Waals surface area (Å²) in [6.07, 6.45) is 0. The Bertz CT molecular complexity index is 1180. The molecule has 152 valence electrons. The van der Waals surface area contributed by atoms with Gasteiger partial charge in [0.1, 0.15) is 11.3 Å². The number of hydrogen-bond donors (Lipinski definition) is 0. The molecule has 0 aliphatic carbocycles. The topological polar surface area (TPSA) is 42.4 Å². The van der Waals surface area contributed by atoms with Crippen molar-refractivity contribution in [3.05, 3.63) is 89.0 Å². The van der Waals surface area contributed by atoms with Crippen LogP contribution in [0.3, 0.4) is 0 Å². The summed E-state index contributed by atoms with van der Waals surface area (Å²) in [5.41, 5.74) is 4.58. The maximum atomic E-state index is 13.7. The summed E-state index contributed by atoms with van der Waals surface area (Å²) < 4.78 is 6.75. The summed E-state index contributed by atoms with van der Waals surface area (Å²) in [4.78, 5) is 20.3. The molecule has 4 rings (SSSR count). The molecular weight excluding hydrogens is 392 g/mol. The Balaban J connectivity index is 1.81. The quantitative estimate of drug-likeness (QED) is 0.378. The average Bonchev–Trinajstić information content (AvgIpc) is 3.19. The van der Waals surface area contributed by atoms with Crippen LogP contribution in [0.2, 0.25) is 0 Å². The molecule has 30 heavy (non-hydrogen) atoms. The van der Waals surface area contributed by atoms with E-state index in [1.165, 1.54) is 11.3 Å². The van der Waals surface area contributed by atoms with E-state index < -0.39 is 0 Å². The minimum atomic E-state index is -0.0444. The van der Waals surface area contributed by atoms with Gasteiger partial charge in [0.05, 0.1) is 17.9 Å². The maximum absolute atomic E-state index is 13.7. The first kappa shape index (κ1) is 20.1. The number of hydrogen-bond acceptors (Lipinski definition) is 4. The number of benzene rings is 3. The highest BCUT2D eigenvalue weighted by Crippen LogP contribution is 2.35. The van der Waals surface area contributed by atoms with Gasteiger partial charge in [-0.25, -0.2) is 4.98 Å². The minimum Gasteiger partial charge on any atom is -0.492 e. The van der Waals surface area contributed by atoms with Crippen molar-refractivity contribution >= 4 is 32.6 Å². The Morgan fingerprint density at radius 3 is 2.60 bits per heavy atom. The SMILES string of the molecule is CCOc1cccc2sc(N(Cc3ccccc3)C(=O)c3cc(C)ccc3C)nc12. The van der Waals surface area contributed by atoms with E-state index in [2.05, 4.69) is 0 Å². The number of thiazole rings is 1. The molecule has 0 saturated heterocycles. The molecule has 0 saturated carbocycles. The highest BCUT2D eigenvalue weighted by Gasteiger charge is 2.24. The molecule has 0 unspecified atom stereocenters. The Morgan fingerprint density at radius 1 is 1.03 bits per heavy atom. The fourth-order valence-electron chi connectivity index (χ4n) is 3.40. The number of aryl methyl sites for hydroxylation is 2. The van der Waals surface area contributed by atoms with Gasteiger partial charge in [0.25, 0.3) is 5.91 Å². The van der Waals surface area contributed by atoms with Crippen LogP contribution in [0, 0.1) is 13.8 Å². The molecular formula is C25H24N2O2S. The highest BCUT2D eigenvalue weighted by molar-refractivity contribution is 7.22. The molecule has 1 aromatic heterocycles. The smallest absolute Gasteiger partial charge is 0.260 e. The van der Waals surface area contributed by atoms with Crippen molar-refractivity contribution < 1.29 is 9.53 Å². The number of amides is 1. The van der Waals surface area contributed by atoms with Crippen LogP contribution in [0.25, 0.3) is 10.2 Å². The Morgan fingerprint density at radius 2 is 1.83 bits per heavy atom. The van der Waals surface area contributed by atoms with Crippen LogP contribution in [0.4, 0.5) is 5.13 Å². The van der Waals surface area contributed by atoms with E-state index in [1.807, 2.05) is 87.5 Å². The molecule has 4 aromatic rings. The van der Waals surface area contributed by atoms with E-state index in [1.54, 1.807) is 4.90 Å². The first-order chi connectivity index (χ1) is 14.6. The molecule has 4 nitrogen and oxygen atoms in total. The zero-order chi connectivity index (χ0) is 21.1. The molecule has 3 aromatic carbocycles. The average molecular weight is 417 g/mol. The fraction of sp³-hybridized carbons (Fsp3) is 0.200. The van der Waals surface area contributed by atoms with Crippen molar-refractivity contribution in [2.45, 2.75) is 27.3 Å². The predicted octanol–water partition coefficient (Wildman–Crippen LogP) is 6.16. The van der Waals surface area contributed by atoms with E-state index in [-0.39, 0.29) is 5.91 Å². The third-order valence-electron chi connectivity index (χ3n) is 4.95. The van der Waals surface area contributed by atoms with Gasteiger partial charge in [0.2, 0.25) is 0 Å². The van der Waals surface area contributed by atoms with Gasteiger partial charge in [-0.15, -0.1) is 0 Å². The van der Waals surface area contributed by atoms with Crippen molar-refractivity contribution in [1.29, 1.82) is 0 Å². The van der Waals surface area contributed by atoms with Crippen molar-refractivity contribution in [3.63, 3.8) is 0 Å². The van der Waals surface area contributed by atoms with E-state index in [0.717, 1.165) is 32.7 Å². The van der Waals surface area contributed by atoms with Gasteiger partial charge in [-0.3, -0.25) is 9.69 Å². The summed E-state index contributed by atoms with van der Waals surface area (Å²) >= 11 is 1.51. The van der Waals surface area contributed by atoms with Crippen LogP contribution in [0.5, 0.6) is 5.75 Å². The highest BCUT2D eigenvalue weighted by atomic mass is 32.1. The lowest BCUT2D eigenvalue weighted by molar-refractivity contribution is 0.0984. The number of aromatic nitrogens is 1. The predicted molar refractivity (Wildman–Crippen MR) is 124 cm³/mol. The zero-order valence-corrected chi connectivity index (χ0v) is 18.2. The second kappa shape index (κ2) is 8.67. The van der Waals surface area contributed by atoms with Crippen LogP contribution < -0.4 is 9.64 Å². The van der Waals surface area contributed by atoms with Gasteiger partial charge in [-0.2, -0.15) is 0 Å². The number of fused-ring (bicyclic) bond motifs is 1. The lowest BCUT2D eigenvalue weighted by Gasteiger charge is -2.21. The Hall–Kier alpha value is -3.18. The Labute approximate surface area is 180 Å². The molecule has 0 N–H and O–H groups in total. The number of carbonyl (C=O) groups is 1. The molecule has 0 bridgehead atoms. The summed E-state index contributed by atoms with van der Waals surface area (Å²) in [6, 6.07) is 21.9. The molecule has 1 heterocycles. The van der Waals surface area contributed by atoms with Gasteiger partial charge < -0.3 is 4.74 Å². The second-order valence-corrected chi connectivity index (χ2v) is 8.24. The number of rotatable bonds is 6. The van der Waals surface area contributed by atoms with Gasteiger partial charge in [-0.1, -0.05) is 65.4 Å². The second-order valence-electron chi connectivity index (χ2n) is 7.23. The van der Waals surface area contributed by atoms with Gasteiger partial charge in [-0.05, 0) is 50.1 Å². The molecule has 0 aliphatic heterocycles. The number of nitrogens with zero attached hydrogens (tertiary/aromatic N) is 2. The minimum absolute atomic E-state index is 0.0444. The summed E-state index contributed by atoms with van der Waals surface area (Å²) in [7, 11) is 0. The number of para-hydroxylation sites is 1. The normalized spacial score (nSPS) is 10.9. The lowest BCUT2D eigenvalue weighted by atomic mass is 10.0. The van der Waals surface area contributed by atoms with Crippen LogP contribution in [-0.4, -0.2) is 17.5 Å². The first-order valence-electron chi connectivity index (χ1n) is 10.0. The van der Waals surface area contributed by atoms with Crippen LogP contribution in [0.1, 0.15) is 34.0 Å². The van der Waals surface area contributed by atoms with Crippen LogP contribution in [0.15, 0.2) is 66.7 Å². The fourth-order valence-corrected chi connectivity index (χ4v) is 4.38. The third-order valence-corrected chi connectivity index (χ3v) is 6.00.